The molecular formula is C16H17ClN2. The molecule has 1 aromatic rings. The van der Waals surface area contributed by atoms with E-state index in [0.717, 1.165) is 34.8 Å². The first-order chi connectivity index (χ1) is 9.25. The highest BCUT2D eigenvalue weighted by atomic mass is 35.5. The molecule has 0 amide bonds. The molecule has 2 nitrogen and oxygen atoms in total. The molecule has 1 aromatic carbocycles. The van der Waals surface area contributed by atoms with Gasteiger partial charge in [0.2, 0.25) is 0 Å². The Bertz CT molecular complexity index is 584. The summed E-state index contributed by atoms with van der Waals surface area (Å²) in [6.45, 7) is 0. The van der Waals surface area contributed by atoms with E-state index in [4.69, 9.17) is 11.6 Å². The molecule has 0 fully saturated rings. The molecule has 1 aliphatic carbocycles. The second kappa shape index (κ2) is 5.22. The Morgan fingerprint density at radius 3 is 2.95 bits per heavy atom. The number of benzene rings is 1. The van der Waals surface area contributed by atoms with E-state index in [1.54, 1.807) is 0 Å². The van der Waals surface area contributed by atoms with Crippen LogP contribution in [0.15, 0.2) is 47.2 Å². The topological polar surface area (TPSA) is 15.6 Å². The number of hydrogen-bond donors (Lipinski definition) is 0. The SMILES string of the molecule is CN1C=CN=C(C2=CCCCC2)c2cc(Cl)ccc21. The van der Waals surface area contributed by atoms with E-state index < -0.39 is 0 Å². The Hall–Kier alpha value is -1.54. The largest absolute Gasteiger partial charge is 0.349 e. The fourth-order valence-electron chi connectivity index (χ4n) is 2.67. The Morgan fingerprint density at radius 2 is 2.16 bits per heavy atom. The molecule has 0 aromatic heterocycles. The maximum atomic E-state index is 6.17. The molecule has 0 N–H and O–H groups in total. The number of rotatable bonds is 1. The summed E-state index contributed by atoms with van der Waals surface area (Å²) in [5.74, 6) is 0. The molecule has 3 heteroatoms. The summed E-state index contributed by atoms with van der Waals surface area (Å²) in [7, 11) is 2.04. The Morgan fingerprint density at radius 1 is 1.26 bits per heavy atom. The fourth-order valence-corrected chi connectivity index (χ4v) is 2.84. The van der Waals surface area contributed by atoms with Crippen molar-refractivity contribution in [3.63, 3.8) is 0 Å². The summed E-state index contributed by atoms with van der Waals surface area (Å²) >= 11 is 6.17. The second-order valence-corrected chi connectivity index (χ2v) is 5.46. The van der Waals surface area contributed by atoms with Crippen LogP contribution in [-0.2, 0) is 0 Å². The molecule has 0 unspecified atom stereocenters. The average Bonchev–Trinajstić information content (AvgIpc) is 2.59. The van der Waals surface area contributed by atoms with E-state index in [0.29, 0.717) is 0 Å². The molecule has 1 heterocycles. The number of aliphatic imine (C=N–C) groups is 1. The van der Waals surface area contributed by atoms with Crippen molar-refractivity contribution in [1.29, 1.82) is 0 Å². The van der Waals surface area contributed by atoms with E-state index in [1.165, 1.54) is 18.4 Å². The van der Waals surface area contributed by atoms with Gasteiger partial charge in [-0.15, -0.1) is 0 Å². The van der Waals surface area contributed by atoms with Crippen molar-refractivity contribution in [3.05, 3.63) is 52.8 Å². The van der Waals surface area contributed by atoms with Gasteiger partial charge in [-0.1, -0.05) is 17.7 Å². The Labute approximate surface area is 119 Å². The number of nitrogens with zero attached hydrogens (tertiary/aromatic N) is 2. The molecule has 98 valence electrons. The van der Waals surface area contributed by atoms with Gasteiger partial charge in [0.1, 0.15) is 0 Å². The third-order valence-electron chi connectivity index (χ3n) is 3.68. The lowest BCUT2D eigenvalue weighted by Gasteiger charge is -2.20. The molecule has 2 aliphatic rings. The average molecular weight is 273 g/mol. The highest BCUT2D eigenvalue weighted by Crippen LogP contribution is 2.31. The fraction of sp³-hybridized carbons (Fsp3) is 0.312. The summed E-state index contributed by atoms with van der Waals surface area (Å²) in [6.07, 6.45) is 11.0. The molecule has 0 saturated heterocycles. The summed E-state index contributed by atoms with van der Waals surface area (Å²) in [6, 6.07) is 6.02. The number of halogens is 1. The van der Waals surface area contributed by atoms with E-state index in [1.807, 2.05) is 31.6 Å². The normalized spacial score (nSPS) is 18.5. The van der Waals surface area contributed by atoms with Gasteiger partial charge in [-0.25, -0.2) is 0 Å². The minimum absolute atomic E-state index is 0.762. The van der Waals surface area contributed by atoms with Crippen molar-refractivity contribution in [2.45, 2.75) is 25.7 Å². The molecule has 1 aliphatic heterocycles. The smallest absolute Gasteiger partial charge is 0.0752 e. The quantitative estimate of drug-likeness (QED) is 0.732. The third kappa shape index (κ3) is 2.45. The molecule has 0 spiro atoms. The van der Waals surface area contributed by atoms with Gasteiger partial charge in [-0.05, 0) is 49.5 Å². The second-order valence-electron chi connectivity index (χ2n) is 5.02. The van der Waals surface area contributed by atoms with Crippen LogP contribution in [-0.4, -0.2) is 12.8 Å². The lowest BCUT2D eigenvalue weighted by atomic mass is 9.91. The van der Waals surface area contributed by atoms with Crippen LogP contribution in [0.2, 0.25) is 5.02 Å². The van der Waals surface area contributed by atoms with E-state index in [9.17, 15) is 0 Å². The maximum Gasteiger partial charge on any atom is 0.0752 e. The van der Waals surface area contributed by atoms with Crippen molar-refractivity contribution in [3.8, 4) is 0 Å². The Balaban J connectivity index is 2.13. The molecule has 0 radical (unpaired) electrons. The van der Waals surface area contributed by atoms with Crippen LogP contribution in [0.5, 0.6) is 0 Å². The summed E-state index contributed by atoms with van der Waals surface area (Å²) in [4.78, 5) is 6.74. The van der Waals surface area contributed by atoms with Crippen LogP contribution in [0.25, 0.3) is 0 Å². The van der Waals surface area contributed by atoms with Gasteiger partial charge in [-0.3, -0.25) is 4.99 Å². The number of fused-ring (bicyclic) bond motifs is 1. The minimum atomic E-state index is 0.762. The van der Waals surface area contributed by atoms with Crippen LogP contribution in [0.1, 0.15) is 31.2 Å². The Kier molecular flexibility index (Phi) is 3.43. The van der Waals surface area contributed by atoms with Gasteiger partial charge >= 0.3 is 0 Å². The van der Waals surface area contributed by atoms with Crippen LogP contribution >= 0.6 is 11.6 Å². The molecule has 0 saturated carbocycles. The van der Waals surface area contributed by atoms with Crippen molar-refractivity contribution >= 4 is 23.0 Å². The molecule has 19 heavy (non-hydrogen) atoms. The van der Waals surface area contributed by atoms with Gasteiger partial charge in [0, 0.05) is 30.0 Å². The standard InChI is InChI=1S/C16H17ClN2/c1-19-10-9-18-16(12-5-3-2-4-6-12)14-11-13(17)7-8-15(14)19/h5,7-11H,2-4,6H2,1H3. The van der Waals surface area contributed by atoms with Crippen LogP contribution in [0.3, 0.4) is 0 Å². The zero-order valence-electron chi connectivity index (χ0n) is 11.1. The van der Waals surface area contributed by atoms with Gasteiger partial charge < -0.3 is 4.90 Å². The van der Waals surface area contributed by atoms with E-state index in [2.05, 4.69) is 22.0 Å². The minimum Gasteiger partial charge on any atom is -0.349 e. The predicted molar refractivity (Wildman–Crippen MR) is 82.1 cm³/mol. The van der Waals surface area contributed by atoms with Crippen LogP contribution < -0.4 is 4.90 Å². The van der Waals surface area contributed by atoms with Gasteiger partial charge in [0.05, 0.1) is 11.4 Å². The summed E-state index contributed by atoms with van der Waals surface area (Å²) in [5.41, 5.74) is 4.73. The van der Waals surface area contributed by atoms with Crippen LogP contribution in [0.4, 0.5) is 5.69 Å². The first-order valence-electron chi connectivity index (χ1n) is 6.72. The van der Waals surface area contributed by atoms with Gasteiger partial charge in [0.15, 0.2) is 0 Å². The number of anilines is 1. The lowest BCUT2D eigenvalue weighted by molar-refractivity contribution is 0.717. The third-order valence-corrected chi connectivity index (χ3v) is 3.92. The first-order valence-corrected chi connectivity index (χ1v) is 7.10. The van der Waals surface area contributed by atoms with E-state index >= 15 is 0 Å². The zero-order valence-corrected chi connectivity index (χ0v) is 11.8. The highest BCUT2D eigenvalue weighted by Gasteiger charge is 2.18. The summed E-state index contributed by atoms with van der Waals surface area (Å²) in [5, 5.41) is 0.762. The van der Waals surface area contributed by atoms with Crippen LogP contribution in [0, 0.1) is 0 Å². The van der Waals surface area contributed by atoms with E-state index in [-0.39, 0.29) is 0 Å². The van der Waals surface area contributed by atoms with Gasteiger partial charge in [0.25, 0.3) is 0 Å². The summed E-state index contributed by atoms with van der Waals surface area (Å²) < 4.78 is 0. The van der Waals surface area contributed by atoms with Gasteiger partial charge in [-0.2, -0.15) is 0 Å². The number of allylic oxidation sites excluding steroid dienone is 2. The predicted octanol–water partition coefficient (Wildman–Crippen LogP) is 4.55. The molecule has 0 atom stereocenters. The molecule has 3 rings (SSSR count). The number of hydrogen-bond acceptors (Lipinski definition) is 2. The maximum absolute atomic E-state index is 6.17. The molecule has 0 bridgehead atoms. The lowest BCUT2D eigenvalue weighted by Crippen LogP contribution is -2.13. The highest BCUT2D eigenvalue weighted by molar-refractivity contribution is 6.31. The van der Waals surface area contributed by atoms with Crippen molar-refractivity contribution < 1.29 is 0 Å². The molecular weight excluding hydrogens is 256 g/mol. The monoisotopic (exact) mass is 272 g/mol. The van der Waals surface area contributed by atoms with Crippen molar-refractivity contribution in [2.75, 3.05) is 11.9 Å². The first kappa shape index (κ1) is 12.5. The van der Waals surface area contributed by atoms with Crippen molar-refractivity contribution in [1.82, 2.24) is 0 Å². The van der Waals surface area contributed by atoms with Crippen molar-refractivity contribution in [2.24, 2.45) is 4.99 Å². The zero-order chi connectivity index (χ0) is 13.2.